The topological polar surface area (TPSA) is 120 Å². The predicted molar refractivity (Wildman–Crippen MR) is 131 cm³/mol. The Morgan fingerprint density at radius 1 is 1.03 bits per heavy atom. The number of fused-ring (bicyclic) bond motifs is 2. The standard InChI is InChI=1S/C24H21N7O2S/c32-34(33,19-4-2-1-3-5-19)31-10-8-16(9-11-31)22-13-20-23(25-15-26-24(20)29-22)28-18-6-7-21-17(12-18)14-27-30-21/h1-8,12-15H,9-11H2,(H,27,30)(H2,25,26,28,29). The molecule has 1 aliphatic rings. The maximum Gasteiger partial charge on any atom is 0.243 e. The largest absolute Gasteiger partial charge is 0.340 e. The van der Waals surface area contributed by atoms with Crippen LogP contribution in [0.2, 0.25) is 0 Å². The molecular formula is C24H21N7O2S. The van der Waals surface area contributed by atoms with Crippen molar-refractivity contribution in [2.75, 3.05) is 18.4 Å². The van der Waals surface area contributed by atoms with Crippen molar-refractivity contribution in [3.63, 3.8) is 0 Å². The Morgan fingerprint density at radius 3 is 2.74 bits per heavy atom. The summed E-state index contributed by atoms with van der Waals surface area (Å²) in [6.07, 6.45) is 5.86. The van der Waals surface area contributed by atoms with Gasteiger partial charge in [0.25, 0.3) is 0 Å². The Morgan fingerprint density at radius 2 is 1.91 bits per heavy atom. The van der Waals surface area contributed by atoms with Gasteiger partial charge in [-0.3, -0.25) is 5.10 Å². The number of hydrogen-bond donors (Lipinski definition) is 3. The molecule has 0 saturated carbocycles. The number of nitrogens with zero attached hydrogens (tertiary/aromatic N) is 4. The van der Waals surface area contributed by atoms with Crippen LogP contribution < -0.4 is 5.32 Å². The van der Waals surface area contributed by atoms with Crippen LogP contribution in [0.1, 0.15) is 12.1 Å². The number of nitrogens with one attached hydrogen (secondary N) is 3. The zero-order chi connectivity index (χ0) is 23.1. The molecule has 6 rings (SSSR count). The van der Waals surface area contributed by atoms with Gasteiger partial charge < -0.3 is 10.3 Å². The van der Waals surface area contributed by atoms with Crippen LogP contribution >= 0.6 is 0 Å². The van der Waals surface area contributed by atoms with E-state index in [1.807, 2.05) is 36.4 Å². The lowest BCUT2D eigenvalue weighted by Crippen LogP contribution is -2.34. The first-order valence-electron chi connectivity index (χ1n) is 10.9. The van der Waals surface area contributed by atoms with E-state index in [0.29, 0.717) is 30.2 Å². The fourth-order valence-corrected chi connectivity index (χ4v) is 5.63. The van der Waals surface area contributed by atoms with Crippen LogP contribution in [0.15, 0.2) is 78.1 Å². The van der Waals surface area contributed by atoms with Crippen molar-refractivity contribution in [1.82, 2.24) is 29.5 Å². The van der Waals surface area contributed by atoms with E-state index in [1.54, 1.807) is 30.5 Å². The minimum atomic E-state index is -3.51. The molecule has 0 aliphatic carbocycles. The summed E-state index contributed by atoms with van der Waals surface area (Å²) in [4.78, 5) is 12.5. The molecule has 1 aliphatic heterocycles. The molecule has 0 atom stereocenters. The summed E-state index contributed by atoms with van der Waals surface area (Å²) in [5.41, 5.74) is 4.56. The van der Waals surface area contributed by atoms with Crippen molar-refractivity contribution in [3.8, 4) is 0 Å². The Hall–Kier alpha value is -4.02. The van der Waals surface area contributed by atoms with E-state index in [0.717, 1.165) is 38.9 Å². The highest BCUT2D eigenvalue weighted by Crippen LogP contribution is 2.30. The first-order chi connectivity index (χ1) is 16.6. The molecule has 0 spiro atoms. The predicted octanol–water partition coefficient (Wildman–Crippen LogP) is 4.06. The number of anilines is 2. The van der Waals surface area contributed by atoms with E-state index in [-0.39, 0.29) is 0 Å². The normalized spacial score (nSPS) is 15.0. The average molecular weight is 472 g/mol. The quantitative estimate of drug-likeness (QED) is 0.356. The summed E-state index contributed by atoms with van der Waals surface area (Å²) in [5.74, 6) is 0.694. The zero-order valence-electron chi connectivity index (χ0n) is 18.1. The van der Waals surface area contributed by atoms with Gasteiger partial charge in [-0.05, 0) is 48.4 Å². The van der Waals surface area contributed by atoms with E-state index >= 15 is 0 Å². The monoisotopic (exact) mass is 471 g/mol. The number of hydrogen-bond acceptors (Lipinski definition) is 6. The smallest absolute Gasteiger partial charge is 0.243 e. The molecule has 170 valence electrons. The Labute approximate surface area is 195 Å². The van der Waals surface area contributed by atoms with Gasteiger partial charge in [-0.1, -0.05) is 24.3 Å². The van der Waals surface area contributed by atoms with Crippen LogP contribution in [0.4, 0.5) is 11.5 Å². The lowest BCUT2D eigenvalue weighted by Gasteiger charge is -2.25. The van der Waals surface area contributed by atoms with E-state index in [9.17, 15) is 8.42 Å². The number of rotatable bonds is 5. The van der Waals surface area contributed by atoms with Crippen LogP contribution in [0, 0.1) is 0 Å². The van der Waals surface area contributed by atoms with Crippen molar-refractivity contribution < 1.29 is 8.42 Å². The third-order valence-electron chi connectivity index (χ3n) is 6.03. The van der Waals surface area contributed by atoms with Gasteiger partial charge in [0.15, 0.2) is 0 Å². The van der Waals surface area contributed by atoms with Crippen molar-refractivity contribution in [2.45, 2.75) is 11.3 Å². The van der Waals surface area contributed by atoms with E-state index in [4.69, 9.17) is 0 Å². The minimum Gasteiger partial charge on any atom is -0.340 e. The second-order valence-corrected chi connectivity index (χ2v) is 10.1. The number of H-pyrrole nitrogens is 2. The average Bonchev–Trinajstić information content (AvgIpc) is 3.52. The first-order valence-corrected chi connectivity index (χ1v) is 12.3. The van der Waals surface area contributed by atoms with Crippen molar-refractivity contribution in [2.24, 2.45) is 0 Å². The molecule has 0 bridgehead atoms. The fraction of sp³-hybridized carbons (Fsp3) is 0.125. The molecular weight excluding hydrogens is 450 g/mol. The molecule has 0 radical (unpaired) electrons. The molecule has 0 saturated heterocycles. The summed E-state index contributed by atoms with van der Waals surface area (Å²) >= 11 is 0. The molecule has 0 unspecified atom stereocenters. The van der Waals surface area contributed by atoms with Crippen LogP contribution in [-0.4, -0.2) is 51.0 Å². The Kier molecular flexibility index (Phi) is 4.89. The summed E-state index contributed by atoms with van der Waals surface area (Å²) in [7, 11) is -3.51. The van der Waals surface area contributed by atoms with Gasteiger partial charge in [-0.15, -0.1) is 0 Å². The summed E-state index contributed by atoms with van der Waals surface area (Å²) in [6, 6.07) is 16.5. The highest BCUT2D eigenvalue weighted by Gasteiger charge is 2.26. The van der Waals surface area contributed by atoms with Crippen LogP contribution in [0.5, 0.6) is 0 Å². The van der Waals surface area contributed by atoms with E-state index in [2.05, 4.69) is 30.5 Å². The third kappa shape index (κ3) is 3.62. The number of aromatic amines is 2. The molecule has 0 fully saturated rings. The molecule has 5 aromatic rings. The van der Waals surface area contributed by atoms with Gasteiger partial charge in [-0.2, -0.15) is 9.40 Å². The van der Waals surface area contributed by atoms with E-state index in [1.165, 1.54) is 10.6 Å². The maximum atomic E-state index is 12.9. The van der Waals surface area contributed by atoms with Gasteiger partial charge >= 0.3 is 0 Å². The summed E-state index contributed by atoms with van der Waals surface area (Å²) in [5, 5.41) is 12.3. The molecule has 34 heavy (non-hydrogen) atoms. The molecule has 3 N–H and O–H groups in total. The van der Waals surface area contributed by atoms with Gasteiger partial charge in [0, 0.05) is 29.9 Å². The van der Waals surface area contributed by atoms with Crippen molar-refractivity contribution >= 4 is 49.0 Å². The van der Waals surface area contributed by atoms with Gasteiger partial charge in [0.2, 0.25) is 10.0 Å². The molecule has 10 heteroatoms. The molecule has 3 aromatic heterocycles. The highest BCUT2D eigenvalue weighted by atomic mass is 32.2. The molecule has 2 aromatic carbocycles. The van der Waals surface area contributed by atoms with E-state index < -0.39 is 10.0 Å². The van der Waals surface area contributed by atoms with Crippen molar-refractivity contribution in [1.29, 1.82) is 0 Å². The lowest BCUT2D eigenvalue weighted by molar-refractivity contribution is 0.441. The summed E-state index contributed by atoms with van der Waals surface area (Å²) < 4.78 is 27.3. The zero-order valence-corrected chi connectivity index (χ0v) is 18.9. The number of benzene rings is 2. The van der Waals surface area contributed by atoms with Crippen LogP contribution in [-0.2, 0) is 10.0 Å². The number of sulfonamides is 1. The van der Waals surface area contributed by atoms with Gasteiger partial charge in [-0.25, -0.2) is 18.4 Å². The SMILES string of the molecule is O=S(=O)(c1ccccc1)N1CC=C(c2cc3c(Nc4ccc5[nH]ncc5c4)ncnc3[nH]2)CC1. The summed E-state index contributed by atoms with van der Waals surface area (Å²) in [6.45, 7) is 0.739. The number of aromatic nitrogens is 5. The third-order valence-corrected chi connectivity index (χ3v) is 7.91. The molecule has 0 amide bonds. The Bertz CT molecular complexity index is 1640. The van der Waals surface area contributed by atoms with Crippen LogP contribution in [0.25, 0.3) is 27.5 Å². The second kappa shape index (κ2) is 8.08. The maximum absolute atomic E-state index is 12.9. The Balaban J connectivity index is 1.26. The van der Waals surface area contributed by atoms with Crippen LogP contribution in [0.3, 0.4) is 0 Å². The fourth-order valence-electron chi connectivity index (χ4n) is 4.22. The lowest BCUT2D eigenvalue weighted by atomic mass is 10.1. The minimum absolute atomic E-state index is 0.317. The van der Waals surface area contributed by atoms with Gasteiger partial charge in [0.1, 0.15) is 17.8 Å². The molecule has 9 nitrogen and oxygen atoms in total. The van der Waals surface area contributed by atoms with Gasteiger partial charge in [0.05, 0.1) is 22.0 Å². The van der Waals surface area contributed by atoms with Crippen molar-refractivity contribution in [3.05, 3.63) is 78.9 Å². The first kappa shape index (κ1) is 20.6. The highest BCUT2D eigenvalue weighted by molar-refractivity contribution is 7.89. The second-order valence-electron chi connectivity index (χ2n) is 8.12. The molecule has 4 heterocycles.